The van der Waals surface area contributed by atoms with Crippen LogP contribution in [0.25, 0.3) is 0 Å². The molecule has 4 saturated heterocycles. The number of piperidine rings is 3. The Labute approximate surface area is 128 Å². The molecular formula is C16H30N4O. The van der Waals surface area contributed by atoms with Crippen LogP contribution < -0.4 is 5.32 Å². The number of hydrogen-bond acceptors (Lipinski definition) is 4. The molecule has 5 heteroatoms. The summed E-state index contributed by atoms with van der Waals surface area (Å²) in [6.45, 7) is 8.89. The number of likely N-dealkylation sites (N-methyl/N-ethyl adjacent to an activating group) is 1. The van der Waals surface area contributed by atoms with Gasteiger partial charge in [-0.15, -0.1) is 0 Å². The zero-order valence-electron chi connectivity index (χ0n) is 13.4. The molecule has 1 atom stereocenters. The molecule has 0 aliphatic carbocycles. The van der Waals surface area contributed by atoms with Crippen LogP contribution in [0.1, 0.15) is 25.7 Å². The first-order chi connectivity index (χ1) is 10.2. The second-order valence-corrected chi connectivity index (χ2v) is 7.02. The molecule has 0 saturated carbocycles. The SMILES string of the molecule is CN1CCN(CCCNC(=O)C2CC3CCN2CC3)CC1. The van der Waals surface area contributed by atoms with Crippen LogP contribution in [0.5, 0.6) is 0 Å². The van der Waals surface area contributed by atoms with Crippen molar-refractivity contribution in [1.82, 2.24) is 20.0 Å². The number of nitrogens with one attached hydrogen (secondary N) is 1. The number of fused-ring (bicyclic) bond motifs is 3. The van der Waals surface area contributed by atoms with E-state index >= 15 is 0 Å². The third-order valence-electron chi connectivity index (χ3n) is 5.50. The number of carbonyl (C=O) groups is 1. The summed E-state index contributed by atoms with van der Waals surface area (Å²) in [5.41, 5.74) is 0. The zero-order valence-corrected chi connectivity index (χ0v) is 13.4. The van der Waals surface area contributed by atoms with Crippen molar-refractivity contribution in [2.24, 2.45) is 5.92 Å². The van der Waals surface area contributed by atoms with Gasteiger partial charge in [0.05, 0.1) is 6.04 Å². The minimum Gasteiger partial charge on any atom is -0.355 e. The number of piperazine rings is 1. The van der Waals surface area contributed by atoms with Crippen LogP contribution in [-0.4, -0.2) is 86.1 Å². The van der Waals surface area contributed by atoms with Gasteiger partial charge in [-0.25, -0.2) is 0 Å². The molecule has 1 N–H and O–H groups in total. The van der Waals surface area contributed by atoms with E-state index in [1.54, 1.807) is 0 Å². The molecule has 5 nitrogen and oxygen atoms in total. The van der Waals surface area contributed by atoms with Gasteiger partial charge in [0.2, 0.25) is 5.91 Å². The molecule has 4 heterocycles. The maximum Gasteiger partial charge on any atom is 0.237 e. The summed E-state index contributed by atoms with van der Waals surface area (Å²) >= 11 is 0. The van der Waals surface area contributed by atoms with Gasteiger partial charge in [-0.05, 0) is 58.3 Å². The van der Waals surface area contributed by atoms with Crippen molar-refractivity contribution in [1.29, 1.82) is 0 Å². The van der Waals surface area contributed by atoms with E-state index in [0.717, 1.165) is 44.9 Å². The molecule has 21 heavy (non-hydrogen) atoms. The maximum absolute atomic E-state index is 12.3. The van der Waals surface area contributed by atoms with E-state index in [0.29, 0.717) is 0 Å². The number of rotatable bonds is 5. The molecule has 0 aromatic rings. The minimum absolute atomic E-state index is 0.168. The summed E-state index contributed by atoms with van der Waals surface area (Å²) in [5.74, 6) is 1.08. The summed E-state index contributed by atoms with van der Waals surface area (Å²) in [7, 11) is 2.19. The molecule has 1 amide bonds. The first-order valence-corrected chi connectivity index (χ1v) is 8.65. The molecule has 0 radical (unpaired) electrons. The second-order valence-electron chi connectivity index (χ2n) is 7.02. The number of carbonyl (C=O) groups excluding carboxylic acids is 1. The highest BCUT2D eigenvalue weighted by Crippen LogP contribution is 2.31. The minimum atomic E-state index is 0.168. The van der Waals surface area contributed by atoms with Crippen LogP contribution in [0.2, 0.25) is 0 Å². The summed E-state index contributed by atoms with van der Waals surface area (Å²) in [5, 5.41) is 3.17. The van der Waals surface area contributed by atoms with Crippen LogP contribution in [0.15, 0.2) is 0 Å². The fourth-order valence-electron chi connectivity index (χ4n) is 3.94. The van der Waals surface area contributed by atoms with Crippen molar-refractivity contribution >= 4 is 5.91 Å². The van der Waals surface area contributed by atoms with Crippen molar-refractivity contribution in [2.75, 3.05) is 59.4 Å². The molecule has 4 rings (SSSR count). The molecule has 0 aromatic heterocycles. The van der Waals surface area contributed by atoms with E-state index < -0.39 is 0 Å². The van der Waals surface area contributed by atoms with Gasteiger partial charge in [0.25, 0.3) is 0 Å². The van der Waals surface area contributed by atoms with Crippen molar-refractivity contribution in [3.63, 3.8) is 0 Å². The van der Waals surface area contributed by atoms with Crippen LogP contribution >= 0.6 is 0 Å². The van der Waals surface area contributed by atoms with E-state index in [4.69, 9.17) is 0 Å². The molecule has 120 valence electrons. The van der Waals surface area contributed by atoms with Crippen LogP contribution in [0.3, 0.4) is 0 Å². The highest BCUT2D eigenvalue weighted by atomic mass is 16.2. The predicted molar refractivity (Wildman–Crippen MR) is 84.3 cm³/mol. The summed E-state index contributed by atoms with van der Waals surface area (Å²) in [6.07, 6.45) is 4.76. The average Bonchev–Trinajstić information content (AvgIpc) is 2.54. The van der Waals surface area contributed by atoms with Crippen molar-refractivity contribution in [3.8, 4) is 0 Å². The van der Waals surface area contributed by atoms with Gasteiger partial charge >= 0.3 is 0 Å². The van der Waals surface area contributed by atoms with E-state index in [2.05, 4.69) is 27.1 Å². The topological polar surface area (TPSA) is 38.8 Å². The van der Waals surface area contributed by atoms with Gasteiger partial charge < -0.3 is 15.1 Å². The fraction of sp³-hybridized carbons (Fsp3) is 0.938. The maximum atomic E-state index is 12.3. The van der Waals surface area contributed by atoms with E-state index in [-0.39, 0.29) is 11.9 Å². The lowest BCUT2D eigenvalue weighted by atomic mass is 9.83. The van der Waals surface area contributed by atoms with E-state index in [1.165, 1.54) is 39.0 Å². The molecule has 2 bridgehead atoms. The van der Waals surface area contributed by atoms with Gasteiger partial charge in [0.15, 0.2) is 0 Å². The first-order valence-electron chi connectivity index (χ1n) is 8.65. The van der Waals surface area contributed by atoms with Crippen LogP contribution in [-0.2, 0) is 4.79 Å². The van der Waals surface area contributed by atoms with Gasteiger partial charge in [-0.2, -0.15) is 0 Å². The van der Waals surface area contributed by atoms with Crippen molar-refractivity contribution in [3.05, 3.63) is 0 Å². The average molecular weight is 294 g/mol. The Kier molecular flexibility index (Phi) is 5.14. The van der Waals surface area contributed by atoms with E-state index in [9.17, 15) is 4.79 Å². The molecule has 4 fully saturated rings. The normalized spacial score (nSPS) is 34.0. The number of hydrogen-bond donors (Lipinski definition) is 1. The lowest BCUT2D eigenvalue weighted by Crippen LogP contribution is -2.55. The Bertz CT molecular complexity index is 346. The van der Waals surface area contributed by atoms with Crippen LogP contribution in [0, 0.1) is 5.92 Å². The molecule has 4 aliphatic heterocycles. The molecule has 0 spiro atoms. The largest absolute Gasteiger partial charge is 0.355 e. The van der Waals surface area contributed by atoms with Gasteiger partial charge in [-0.1, -0.05) is 0 Å². The Morgan fingerprint density at radius 3 is 2.43 bits per heavy atom. The standard InChI is InChI=1S/C16H30N4O/c1-18-9-11-19(12-10-18)6-2-5-17-16(21)15-13-14-3-7-20(15)8-4-14/h14-15H,2-13H2,1H3,(H,17,21). The third kappa shape index (κ3) is 3.96. The second kappa shape index (κ2) is 7.07. The van der Waals surface area contributed by atoms with Crippen LogP contribution in [0.4, 0.5) is 0 Å². The predicted octanol–water partition coefficient (Wildman–Crippen LogP) is 0.224. The van der Waals surface area contributed by atoms with Crippen molar-refractivity contribution in [2.45, 2.75) is 31.7 Å². The summed E-state index contributed by atoms with van der Waals surface area (Å²) in [4.78, 5) is 19.6. The zero-order chi connectivity index (χ0) is 14.7. The molecule has 4 aliphatic rings. The molecule has 1 unspecified atom stereocenters. The Morgan fingerprint density at radius 2 is 1.81 bits per heavy atom. The first kappa shape index (κ1) is 15.3. The lowest BCUT2D eigenvalue weighted by Gasteiger charge is -2.44. The highest BCUT2D eigenvalue weighted by Gasteiger charge is 2.37. The molecule has 0 aromatic carbocycles. The summed E-state index contributed by atoms with van der Waals surface area (Å²) < 4.78 is 0. The Balaban J connectivity index is 1.31. The third-order valence-corrected chi connectivity index (χ3v) is 5.50. The fourth-order valence-corrected chi connectivity index (χ4v) is 3.94. The monoisotopic (exact) mass is 294 g/mol. The molecular weight excluding hydrogens is 264 g/mol. The number of nitrogens with zero attached hydrogens (tertiary/aromatic N) is 3. The lowest BCUT2D eigenvalue weighted by molar-refractivity contribution is -0.130. The highest BCUT2D eigenvalue weighted by molar-refractivity contribution is 5.82. The van der Waals surface area contributed by atoms with Crippen molar-refractivity contribution < 1.29 is 4.79 Å². The van der Waals surface area contributed by atoms with Gasteiger partial charge in [0, 0.05) is 32.7 Å². The van der Waals surface area contributed by atoms with Gasteiger partial charge in [0.1, 0.15) is 0 Å². The smallest absolute Gasteiger partial charge is 0.237 e. The number of amides is 1. The Hall–Kier alpha value is -0.650. The Morgan fingerprint density at radius 1 is 1.10 bits per heavy atom. The van der Waals surface area contributed by atoms with Gasteiger partial charge in [-0.3, -0.25) is 9.69 Å². The quantitative estimate of drug-likeness (QED) is 0.737. The van der Waals surface area contributed by atoms with E-state index in [1.807, 2.05) is 0 Å². The summed E-state index contributed by atoms with van der Waals surface area (Å²) in [6, 6.07) is 0.168.